The zero-order chi connectivity index (χ0) is 14.3. The molecule has 7 heteroatoms. The molecule has 0 spiro atoms. The first-order chi connectivity index (χ1) is 9.06. The second-order valence-electron chi connectivity index (χ2n) is 3.92. The van der Waals surface area contributed by atoms with Gasteiger partial charge < -0.3 is 9.47 Å². The first-order valence-corrected chi connectivity index (χ1v) is 7.30. The van der Waals surface area contributed by atoms with E-state index in [1.165, 1.54) is 0 Å². The van der Waals surface area contributed by atoms with Crippen LogP contribution in [0, 0.1) is 0 Å². The Balaban J connectivity index is 2.54. The van der Waals surface area contributed by atoms with Crippen LogP contribution >= 0.6 is 11.6 Å². The quantitative estimate of drug-likeness (QED) is 0.569. The first kappa shape index (κ1) is 16.2. The third-order valence-corrected chi connectivity index (χ3v) is 3.41. The van der Waals surface area contributed by atoms with Gasteiger partial charge >= 0.3 is 0 Å². The lowest BCUT2D eigenvalue weighted by molar-refractivity contribution is 0.354. The molecular weight excluding hydrogens is 290 g/mol. The molecule has 2 unspecified atom stereocenters. The normalized spacial score (nSPS) is 13.9. The molecule has 0 heterocycles. The second kappa shape index (κ2) is 8.37. The summed E-state index contributed by atoms with van der Waals surface area (Å²) < 4.78 is 31.8. The lowest BCUT2D eigenvalue weighted by Crippen LogP contribution is -2.20. The fraction of sp³-hybridized carbons (Fsp3) is 0.500. The smallest absolute Gasteiger partial charge is 0.231 e. The highest BCUT2D eigenvalue weighted by molar-refractivity contribution is 7.77. The van der Waals surface area contributed by atoms with Gasteiger partial charge in [-0.3, -0.25) is 4.55 Å². The number of benzene rings is 1. The molecule has 1 aromatic rings. The Morgan fingerprint density at radius 3 is 2.63 bits per heavy atom. The van der Waals surface area contributed by atoms with Gasteiger partial charge in [0.15, 0.2) is 11.5 Å². The molecule has 19 heavy (non-hydrogen) atoms. The van der Waals surface area contributed by atoms with Crippen LogP contribution in [-0.4, -0.2) is 34.9 Å². The van der Waals surface area contributed by atoms with Crippen LogP contribution in [0.3, 0.4) is 0 Å². The fourth-order valence-electron chi connectivity index (χ4n) is 1.67. The van der Waals surface area contributed by atoms with Gasteiger partial charge in [0.1, 0.15) is 0 Å². The molecule has 1 rings (SSSR count). The second-order valence-corrected chi connectivity index (χ2v) is 5.33. The Hall–Kier alpha value is -0.820. The molecule has 0 aliphatic heterocycles. The summed E-state index contributed by atoms with van der Waals surface area (Å²) in [7, 11) is 3.17. The molecule has 0 saturated carbocycles. The van der Waals surface area contributed by atoms with E-state index in [4.69, 9.17) is 25.6 Å². The fourth-order valence-corrected chi connectivity index (χ4v) is 2.25. The maximum atomic E-state index is 10.4. The summed E-state index contributed by atoms with van der Waals surface area (Å²) in [4.78, 5) is 0. The Kier molecular flexibility index (Phi) is 7.15. The lowest BCUT2D eigenvalue weighted by atomic mass is 10.1. The molecule has 108 valence electrons. The van der Waals surface area contributed by atoms with E-state index in [0.717, 1.165) is 5.56 Å². The Labute approximate surface area is 120 Å². The highest BCUT2D eigenvalue weighted by Crippen LogP contribution is 2.28. The van der Waals surface area contributed by atoms with E-state index in [1.54, 1.807) is 14.2 Å². The van der Waals surface area contributed by atoms with Crippen LogP contribution in [0.15, 0.2) is 18.2 Å². The van der Waals surface area contributed by atoms with Crippen LogP contribution < -0.4 is 14.2 Å². The average Bonchev–Trinajstić information content (AvgIpc) is 2.38. The molecule has 1 aromatic carbocycles. The summed E-state index contributed by atoms with van der Waals surface area (Å²) in [5.41, 5.74) is 1.03. The van der Waals surface area contributed by atoms with E-state index in [0.29, 0.717) is 30.9 Å². The number of methoxy groups -OCH3 is 2. The van der Waals surface area contributed by atoms with Crippen molar-refractivity contribution in [3.63, 3.8) is 0 Å². The number of nitrogens with one attached hydrogen (secondary N) is 1. The summed E-state index contributed by atoms with van der Waals surface area (Å²) in [6.45, 7) is 0.393. The average molecular weight is 308 g/mol. The van der Waals surface area contributed by atoms with Gasteiger partial charge in [0.25, 0.3) is 0 Å². The molecule has 5 nitrogen and oxygen atoms in total. The molecule has 0 amide bonds. The standard InChI is InChI=1S/C12H18ClNO4S/c1-17-11-4-3-9(8-12(11)18-2)7-10(13)5-6-14-19(15)16/h3-4,8,10,14H,5-7H2,1-2H3,(H,15,16). The number of halogens is 1. The van der Waals surface area contributed by atoms with Gasteiger partial charge in [-0.05, 0) is 30.5 Å². The largest absolute Gasteiger partial charge is 0.493 e. The van der Waals surface area contributed by atoms with Crippen molar-refractivity contribution in [1.82, 2.24) is 4.72 Å². The van der Waals surface area contributed by atoms with Crippen molar-refractivity contribution in [3.05, 3.63) is 23.8 Å². The lowest BCUT2D eigenvalue weighted by Gasteiger charge is -2.12. The Bertz CT molecular complexity index is 430. The van der Waals surface area contributed by atoms with Crippen molar-refractivity contribution in [2.45, 2.75) is 18.2 Å². The van der Waals surface area contributed by atoms with Gasteiger partial charge in [-0.1, -0.05) is 6.07 Å². The molecule has 0 aromatic heterocycles. The Morgan fingerprint density at radius 1 is 1.37 bits per heavy atom. The number of rotatable bonds is 8. The van der Waals surface area contributed by atoms with E-state index < -0.39 is 11.3 Å². The monoisotopic (exact) mass is 307 g/mol. The summed E-state index contributed by atoms with van der Waals surface area (Å²) in [5.74, 6) is 1.34. The summed E-state index contributed by atoms with van der Waals surface area (Å²) in [5, 5.41) is -0.117. The highest BCUT2D eigenvalue weighted by atomic mass is 35.5. The van der Waals surface area contributed by atoms with Crippen LogP contribution in [0.1, 0.15) is 12.0 Å². The molecule has 0 aliphatic carbocycles. The summed E-state index contributed by atoms with van der Waals surface area (Å²) in [6.07, 6.45) is 1.25. The van der Waals surface area contributed by atoms with Crippen molar-refractivity contribution in [2.24, 2.45) is 0 Å². The third kappa shape index (κ3) is 5.78. The first-order valence-electron chi connectivity index (χ1n) is 5.76. The molecular formula is C12H18ClNO4S. The maximum absolute atomic E-state index is 10.4. The highest BCUT2D eigenvalue weighted by Gasteiger charge is 2.09. The predicted octanol–water partition coefficient (Wildman–Crippen LogP) is 1.97. The van der Waals surface area contributed by atoms with E-state index in [1.807, 2.05) is 18.2 Å². The molecule has 0 fully saturated rings. The zero-order valence-electron chi connectivity index (χ0n) is 10.9. The van der Waals surface area contributed by atoms with Crippen LogP contribution in [-0.2, 0) is 17.7 Å². The predicted molar refractivity (Wildman–Crippen MR) is 76.3 cm³/mol. The van der Waals surface area contributed by atoms with Crippen molar-refractivity contribution < 1.29 is 18.2 Å². The van der Waals surface area contributed by atoms with E-state index in [9.17, 15) is 4.21 Å². The van der Waals surface area contributed by atoms with Crippen LogP contribution in [0.25, 0.3) is 0 Å². The minimum absolute atomic E-state index is 0.117. The topological polar surface area (TPSA) is 67.8 Å². The van der Waals surface area contributed by atoms with Crippen LogP contribution in [0.5, 0.6) is 11.5 Å². The SMILES string of the molecule is COc1ccc(CC(Cl)CCNS(=O)O)cc1OC. The van der Waals surface area contributed by atoms with Gasteiger partial charge in [-0.15, -0.1) is 11.6 Å². The molecule has 2 atom stereocenters. The zero-order valence-corrected chi connectivity index (χ0v) is 12.5. The van der Waals surface area contributed by atoms with E-state index >= 15 is 0 Å². The number of ether oxygens (including phenoxy) is 2. The summed E-state index contributed by atoms with van der Waals surface area (Å²) in [6, 6.07) is 5.64. The number of hydrogen-bond donors (Lipinski definition) is 2. The van der Waals surface area contributed by atoms with Gasteiger partial charge in [0, 0.05) is 11.9 Å². The summed E-state index contributed by atoms with van der Waals surface area (Å²) >= 11 is 4.19. The van der Waals surface area contributed by atoms with Crippen LogP contribution in [0.2, 0.25) is 0 Å². The van der Waals surface area contributed by atoms with Crippen LogP contribution in [0.4, 0.5) is 0 Å². The molecule has 0 bridgehead atoms. The number of alkyl halides is 1. The van der Waals surface area contributed by atoms with E-state index in [2.05, 4.69) is 4.72 Å². The van der Waals surface area contributed by atoms with Crippen molar-refractivity contribution >= 4 is 22.9 Å². The number of hydrogen-bond acceptors (Lipinski definition) is 3. The van der Waals surface area contributed by atoms with Crippen molar-refractivity contribution in [3.8, 4) is 11.5 Å². The maximum Gasteiger partial charge on any atom is 0.231 e. The molecule has 2 N–H and O–H groups in total. The van der Waals surface area contributed by atoms with Crippen molar-refractivity contribution in [1.29, 1.82) is 0 Å². The van der Waals surface area contributed by atoms with Gasteiger partial charge in [-0.25, -0.2) is 8.93 Å². The third-order valence-electron chi connectivity index (χ3n) is 2.59. The molecule has 0 aliphatic rings. The molecule has 0 saturated heterocycles. The van der Waals surface area contributed by atoms with Gasteiger partial charge in [0.2, 0.25) is 11.3 Å². The molecule has 0 radical (unpaired) electrons. The minimum atomic E-state index is -1.98. The minimum Gasteiger partial charge on any atom is -0.493 e. The van der Waals surface area contributed by atoms with Gasteiger partial charge in [0.05, 0.1) is 14.2 Å². The Morgan fingerprint density at radius 2 is 2.05 bits per heavy atom. The van der Waals surface area contributed by atoms with Gasteiger partial charge in [-0.2, -0.15) is 0 Å². The van der Waals surface area contributed by atoms with E-state index in [-0.39, 0.29) is 5.38 Å². The van der Waals surface area contributed by atoms with Crippen molar-refractivity contribution in [2.75, 3.05) is 20.8 Å².